The van der Waals surface area contributed by atoms with Crippen molar-refractivity contribution < 1.29 is 9.59 Å². The van der Waals surface area contributed by atoms with E-state index in [0.29, 0.717) is 24.7 Å². The van der Waals surface area contributed by atoms with Gasteiger partial charge in [-0.1, -0.05) is 43.5 Å². The summed E-state index contributed by atoms with van der Waals surface area (Å²) in [4.78, 5) is 29.5. The lowest BCUT2D eigenvalue weighted by atomic mass is 9.95. The van der Waals surface area contributed by atoms with Gasteiger partial charge in [-0.25, -0.2) is 4.98 Å². The highest BCUT2D eigenvalue weighted by atomic mass is 16.2. The number of rotatable bonds is 4. The molecular formula is C21H26N4O2. The largest absolute Gasteiger partial charge is 0.353 e. The van der Waals surface area contributed by atoms with Crippen LogP contribution in [0.25, 0.3) is 11.4 Å². The summed E-state index contributed by atoms with van der Waals surface area (Å²) in [6.07, 6.45) is 7.73. The summed E-state index contributed by atoms with van der Waals surface area (Å²) in [7, 11) is 0. The molecule has 4 rings (SSSR count). The lowest BCUT2D eigenvalue weighted by molar-refractivity contribution is -0.122. The maximum atomic E-state index is 12.6. The molecule has 2 N–H and O–H groups in total. The summed E-state index contributed by atoms with van der Waals surface area (Å²) in [6.45, 7) is 2.48. The van der Waals surface area contributed by atoms with E-state index in [-0.39, 0.29) is 17.9 Å². The summed E-state index contributed by atoms with van der Waals surface area (Å²) >= 11 is 0. The Hall–Kier alpha value is -2.63. The van der Waals surface area contributed by atoms with Crippen LogP contribution in [0.3, 0.4) is 0 Å². The molecule has 1 aromatic carbocycles. The lowest BCUT2D eigenvalue weighted by Gasteiger charge is -2.29. The molecule has 142 valence electrons. The molecule has 0 saturated heterocycles. The Kier molecular flexibility index (Phi) is 4.97. The van der Waals surface area contributed by atoms with Crippen LogP contribution < -0.4 is 10.6 Å². The number of fused-ring (bicyclic) bond motifs is 1. The normalized spacial score (nSPS) is 20.0. The zero-order chi connectivity index (χ0) is 18.8. The van der Waals surface area contributed by atoms with Gasteiger partial charge in [0.1, 0.15) is 11.5 Å². The number of imidazole rings is 1. The van der Waals surface area contributed by atoms with Crippen molar-refractivity contribution in [1.82, 2.24) is 20.2 Å². The van der Waals surface area contributed by atoms with Gasteiger partial charge in [0.2, 0.25) is 5.91 Å². The van der Waals surface area contributed by atoms with Crippen LogP contribution in [0.5, 0.6) is 0 Å². The van der Waals surface area contributed by atoms with Crippen molar-refractivity contribution in [3.63, 3.8) is 0 Å². The first-order valence-electron chi connectivity index (χ1n) is 9.84. The molecule has 1 unspecified atom stereocenters. The smallest absolute Gasteiger partial charge is 0.269 e. The number of amides is 2. The van der Waals surface area contributed by atoms with Gasteiger partial charge < -0.3 is 15.2 Å². The molecule has 6 nitrogen and oxygen atoms in total. The maximum absolute atomic E-state index is 12.6. The number of carbonyl (C=O) groups excluding carboxylic acids is 2. The summed E-state index contributed by atoms with van der Waals surface area (Å²) in [5, 5.41) is 6.08. The summed E-state index contributed by atoms with van der Waals surface area (Å²) in [5.74, 6) is 0.679. The Morgan fingerprint density at radius 2 is 2.04 bits per heavy atom. The Morgan fingerprint density at radius 1 is 1.26 bits per heavy atom. The van der Waals surface area contributed by atoms with Crippen molar-refractivity contribution in [2.75, 3.05) is 6.54 Å². The minimum Gasteiger partial charge on any atom is -0.353 e. The average molecular weight is 366 g/mol. The van der Waals surface area contributed by atoms with Crippen LogP contribution in [0.2, 0.25) is 0 Å². The first kappa shape index (κ1) is 17.8. The third kappa shape index (κ3) is 3.61. The van der Waals surface area contributed by atoms with Crippen LogP contribution in [0.15, 0.2) is 30.5 Å². The second-order valence-corrected chi connectivity index (χ2v) is 7.62. The van der Waals surface area contributed by atoms with Crippen LogP contribution >= 0.6 is 0 Å². The molecule has 0 bridgehead atoms. The molecule has 2 amide bonds. The molecule has 1 saturated carbocycles. The van der Waals surface area contributed by atoms with Crippen LogP contribution in [0, 0.1) is 6.92 Å². The molecule has 2 heterocycles. The number of nitrogens with zero attached hydrogens (tertiary/aromatic N) is 2. The van der Waals surface area contributed by atoms with E-state index >= 15 is 0 Å². The Morgan fingerprint density at radius 3 is 2.81 bits per heavy atom. The zero-order valence-electron chi connectivity index (χ0n) is 15.7. The molecule has 1 atom stereocenters. The summed E-state index contributed by atoms with van der Waals surface area (Å²) < 4.78 is 1.95. The van der Waals surface area contributed by atoms with Gasteiger partial charge in [-0.2, -0.15) is 0 Å². The maximum Gasteiger partial charge on any atom is 0.269 e. The minimum absolute atomic E-state index is 0.0541. The molecule has 1 aliphatic carbocycles. The van der Waals surface area contributed by atoms with E-state index in [9.17, 15) is 9.59 Å². The molecule has 0 radical (unpaired) electrons. The highest BCUT2D eigenvalue weighted by Gasteiger charge is 2.31. The number of carbonyl (C=O) groups is 2. The predicted molar refractivity (Wildman–Crippen MR) is 103 cm³/mol. The topological polar surface area (TPSA) is 76.0 Å². The van der Waals surface area contributed by atoms with E-state index in [2.05, 4.69) is 15.6 Å². The second kappa shape index (κ2) is 7.55. The van der Waals surface area contributed by atoms with Crippen molar-refractivity contribution >= 4 is 11.8 Å². The fourth-order valence-corrected chi connectivity index (χ4v) is 4.22. The van der Waals surface area contributed by atoms with Crippen molar-refractivity contribution in [2.24, 2.45) is 0 Å². The van der Waals surface area contributed by atoms with E-state index < -0.39 is 0 Å². The first-order valence-corrected chi connectivity index (χ1v) is 9.84. The summed E-state index contributed by atoms with van der Waals surface area (Å²) in [6, 6.07) is 8.17. The molecule has 1 aromatic heterocycles. The number of hydrogen-bond acceptors (Lipinski definition) is 3. The zero-order valence-corrected chi connectivity index (χ0v) is 15.7. The van der Waals surface area contributed by atoms with E-state index in [4.69, 9.17) is 0 Å². The number of nitrogens with one attached hydrogen (secondary N) is 2. The number of aromatic nitrogens is 2. The van der Waals surface area contributed by atoms with Gasteiger partial charge in [0.25, 0.3) is 5.91 Å². The SMILES string of the molecule is Cc1ccccc1-c1ncc2n1C(CC(=O)NC1CCCCC1)CNC2=O. The third-order valence-corrected chi connectivity index (χ3v) is 5.67. The molecule has 1 fully saturated rings. The minimum atomic E-state index is -0.133. The average Bonchev–Trinajstić information content (AvgIpc) is 3.11. The van der Waals surface area contributed by atoms with Gasteiger partial charge in [0.15, 0.2) is 0 Å². The fraction of sp³-hybridized carbons (Fsp3) is 0.476. The van der Waals surface area contributed by atoms with Gasteiger partial charge in [-0.05, 0) is 25.3 Å². The van der Waals surface area contributed by atoms with E-state index in [0.717, 1.165) is 29.8 Å². The lowest BCUT2D eigenvalue weighted by Crippen LogP contribution is -2.43. The third-order valence-electron chi connectivity index (χ3n) is 5.67. The van der Waals surface area contributed by atoms with Crippen molar-refractivity contribution in [1.29, 1.82) is 0 Å². The number of hydrogen-bond donors (Lipinski definition) is 2. The first-order chi connectivity index (χ1) is 13.1. The summed E-state index contributed by atoms with van der Waals surface area (Å²) in [5.41, 5.74) is 2.62. The van der Waals surface area contributed by atoms with Gasteiger partial charge in [-0.15, -0.1) is 0 Å². The molecule has 0 spiro atoms. The second-order valence-electron chi connectivity index (χ2n) is 7.62. The van der Waals surface area contributed by atoms with E-state index in [1.807, 2.05) is 35.8 Å². The number of aryl methyl sites for hydroxylation is 1. The molecular weight excluding hydrogens is 340 g/mol. The van der Waals surface area contributed by atoms with Crippen molar-refractivity contribution in [2.45, 2.75) is 57.5 Å². The number of benzene rings is 1. The standard InChI is InChI=1S/C21H26N4O2/c1-14-7-5-6-10-17(14)20-22-13-18-21(27)23-12-16(25(18)20)11-19(26)24-15-8-3-2-4-9-15/h5-7,10,13,15-16H,2-4,8-9,11-12H2,1H3,(H,23,27)(H,24,26). The Balaban J connectivity index is 1.58. The molecule has 27 heavy (non-hydrogen) atoms. The predicted octanol–water partition coefficient (Wildman–Crippen LogP) is 2.98. The van der Waals surface area contributed by atoms with Gasteiger partial charge >= 0.3 is 0 Å². The van der Waals surface area contributed by atoms with Gasteiger partial charge in [0.05, 0.1) is 12.2 Å². The monoisotopic (exact) mass is 366 g/mol. The molecule has 2 aliphatic rings. The van der Waals surface area contributed by atoms with Crippen LogP contribution in [0.4, 0.5) is 0 Å². The van der Waals surface area contributed by atoms with Crippen molar-refractivity contribution in [3.8, 4) is 11.4 Å². The van der Waals surface area contributed by atoms with Crippen LogP contribution in [-0.2, 0) is 4.79 Å². The molecule has 1 aliphatic heterocycles. The Bertz CT molecular complexity index is 852. The van der Waals surface area contributed by atoms with Crippen LogP contribution in [0.1, 0.15) is 60.6 Å². The Labute approximate surface area is 159 Å². The highest BCUT2D eigenvalue weighted by molar-refractivity contribution is 5.94. The van der Waals surface area contributed by atoms with Gasteiger partial charge in [-0.3, -0.25) is 9.59 Å². The van der Waals surface area contributed by atoms with Crippen molar-refractivity contribution in [3.05, 3.63) is 41.7 Å². The van der Waals surface area contributed by atoms with E-state index in [1.54, 1.807) is 6.20 Å². The van der Waals surface area contributed by atoms with Gasteiger partial charge in [0, 0.05) is 24.6 Å². The quantitative estimate of drug-likeness (QED) is 0.873. The van der Waals surface area contributed by atoms with E-state index in [1.165, 1.54) is 19.3 Å². The molecule has 2 aromatic rings. The van der Waals surface area contributed by atoms with Crippen LogP contribution in [-0.4, -0.2) is 34.0 Å². The highest BCUT2D eigenvalue weighted by Crippen LogP contribution is 2.30. The molecule has 6 heteroatoms. The fourth-order valence-electron chi connectivity index (χ4n) is 4.22.